The van der Waals surface area contributed by atoms with Gasteiger partial charge in [-0.3, -0.25) is 9.59 Å². The summed E-state index contributed by atoms with van der Waals surface area (Å²) in [7, 11) is -3.61. The number of aryl methyl sites for hydroxylation is 2. The zero-order valence-corrected chi connectivity index (χ0v) is 20.0. The summed E-state index contributed by atoms with van der Waals surface area (Å²) >= 11 is 0. The van der Waals surface area contributed by atoms with Gasteiger partial charge in [0.1, 0.15) is 0 Å². The van der Waals surface area contributed by atoms with Gasteiger partial charge in [-0.05, 0) is 42.7 Å². The molecule has 0 aromatic heterocycles. The van der Waals surface area contributed by atoms with E-state index in [0.29, 0.717) is 18.0 Å². The van der Waals surface area contributed by atoms with Crippen LogP contribution in [0, 0.1) is 13.8 Å². The van der Waals surface area contributed by atoms with E-state index in [2.05, 4.69) is 0 Å². The SMILES string of the molecule is CC(=O)N1C=Cc2ccccc2[C@H]1CC(=O)N1CCN(S(=O)(=O)c2ccc(C)cc2C)CC1. The average Bonchev–Trinajstić information content (AvgIpc) is 2.79. The smallest absolute Gasteiger partial charge is 0.243 e. The average molecular weight is 468 g/mol. The van der Waals surface area contributed by atoms with E-state index in [0.717, 1.165) is 22.3 Å². The molecule has 2 aromatic carbocycles. The van der Waals surface area contributed by atoms with Gasteiger partial charge in [0.05, 0.1) is 17.4 Å². The molecule has 0 unspecified atom stereocenters. The Balaban J connectivity index is 1.45. The molecule has 33 heavy (non-hydrogen) atoms. The Kier molecular flexibility index (Phi) is 6.41. The molecule has 0 spiro atoms. The summed E-state index contributed by atoms with van der Waals surface area (Å²) in [5, 5.41) is 0. The predicted octanol–water partition coefficient (Wildman–Crippen LogP) is 3.10. The summed E-state index contributed by atoms with van der Waals surface area (Å²) in [6, 6.07) is 12.7. The first-order valence-corrected chi connectivity index (χ1v) is 12.5. The van der Waals surface area contributed by atoms with Crippen molar-refractivity contribution >= 4 is 27.9 Å². The van der Waals surface area contributed by atoms with Gasteiger partial charge in [0.25, 0.3) is 0 Å². The molecule has 2 amide bonds. The maximum atomic E-state index is 13.2. The highest BCUT2D eigenvalue weighted by Gasteiger charge is 2.34. The number of sulfonamides is 1. The zero-order valence-electron chi connectivity index (χ0n) is 19.2. The zero-order chi connectivity index (χ0) is 23.8. The molecule has 2 aliphatic heterocycles. The molecule has 1 atom stereocenters. The van der Waals surface area contributed by atoms with E-state index in [4.69, 9.17) is 0 Å². The van der Waals surface area contributed by atoms with Crippen LogP contribution in [0.1, 0.15) is 41.6 Å². The third-order valence-electron chi connectivity index (χ3n) is 6.38. The number of carbonyl (C=O) groups is 2. The lowest BCUT2D eigenvalue weighted by Gasteiger charge is -2.37. The quantitative estimate of drug-likeness (QED) is 0.692. The molecular formula is C25H29N3O4S. The van der Waals surface area contributed by atoms with Crippen LogP contribution in [-0.2, 0) is 19.6 Å². The van der Waals surface area contributed by atoms with Gasteiger partial charge in [0.15, 0.2) is 0 Å². The van der Waals surface area contributed by atoms with E-state index in [1.807, 2.05) is 43.3 Å². The van der Waals surface area contributed by atoms with Crippen LogP contribution in [0.5, 0.6) is 0 Å². The van der Waals surface area contributed by atoms with Crippen molar-refractivity contribution in [3.63, 3.8) is 0 Å². The van der Waals surface area contributed by atoms with Crippen LogP contribution in [-0.4, -0.2) is 60.5 Å². The van der Waals surface area contributed by atoms with Crippen molar-refractivity contribution in [1.82, 2.24) is 14.1 Å². The molecule has 0 bridgehead atoms. The lowest BCUT2D eigenvalue weighted by atomic mass is 9.93. The number of carbonyl (C=O) groups excluding carboxylic acids is 2. The Morgan fingerprint density at radius 3 is 2.36 bits per heavy atom. The van der Waals surface area contributed by atoms with Crippen LogP contribution < -0.4 is 0 Å². The van der Waals surface area contributed by atoms with Crippen molar-refractivity contribution in [2.24, 2.45) is 0 Å². The number of fused-ring (bicyclic) bond motifs is 1. The summed E-state index contributed by atoms with van der Waals surface area (Å²) < 4.78 is 27.7. The van der Waals surface area contributed by atoms with Gasteiger partial charge in [-0.15, -0.1) is 0 Å². The minimum atomic E-state index is -3.61. The summed E-state index contributed by atoms with van der Waals surface area (Å²) in [6.07, 6.45) is 3.77. The van der Waals surface area contributed by atoms with Crippen molar-refractivity contribution in [1.29, 1.82) is 0 Å². The number of hydrogen-bond acceptors (Lipinski definition) is 4. The van der Waals surface area contributed by atoms with Crippen molar-refractivity contribution in [3.05, 3.63) is 70.9 Å². The molecule has 8 heteroatoms. The third kappa shape index (κ3) is 4.58. The fourth-order valence-electron chi connectivity index (χ4n) is 4.61. The summed E-state index contributed by atoms with van der Waals surface area (Å²) in [4.78, 5) is 29.0. The highest BCUT2D eigenvalue weighted by molar-refractivity contribution is 7.89. The van der Waals surface area contributed by atoms with Gasteiger partial charge < -0.3 is 9.80 Å². The molecule has 7 nitrogen and oxygen atoms in total. The molecule has 0 aliphatic carbocycles. The molecule has 2 heterocycles. The number of hydrogen-bond donors (Lipinski definition) is 0. The van der Waals surface area contributed by atoms with Crippen LogP contribution in [0.3, 0.4) is 0 Å². The fourth-order valence-corrected chi connectivity index (χ4v) is 6.24. The molecule has 0 saturated carbocycles. The number of amides is 2. The van der Waals surface area contributed by atoms with E-state index in [-0.39, 0.29) is 37.4 Å². The topological polar surface area (TPSA) is 78.0 Å². The van der Waals surface area contributed by atoms with Crippen LogP contribution in [0.4, 0.5) is 0 Å². The Morgan fingerprint density at radius 1 is 1.00 bits per heavy atom. The summed E-state index contributed by atoms with van der Waals surface area (Å²) in [5.41, 5.74) is 3.68. The molecule has 174 valence electrons. The minimum Gasteiger partial charge on any atom is -0.340 e. The van der Waals surface area contributed by atoms with Gasteiger partial charge in [0, 0.05) is 39.3 Å². The largest absolute Gasteiger partial charge is 0.340 e. The Hall–Kier alpha value is -2.97. The van der Waals surface area contributed by atoms with E-state index >= 15 is 0 Å². The second kappa shape index (κ2) is 9.11. The molecule has 4 rings (SSSR count). The van der Waals surface area contributed by atoms with Gasteiger partial charge in [-0.1, -0.05) is 42.0 Å². The third-order valence-corrected chi connectivity index (χ3v) is 8.44. The Bertz CT molecular complexity index is 1210. The Labute approximate surface area is 195 Å². The predicted molar refractivity (Wildman–Crippen MR) is 127 cm³/mol. The number of rotatable bonds is 4. The Morgan fingerprint density at radius 2 is 1.70 bits per heavy atom. The maximum Gasteiger partial charge on any atom is 0.243 e. The first-order chi connectivity index (χ1) is 15.7. The second-order valence-electron chi connectivity index (χ2n) is 8.64. The molecular weight excluding hydrogens is 438 g/mol. The highest BCUT2D eigenvalue weighted by Crippen LogP contribution is 2.33. The standard InChI is InChI=1S/C25H29N3O4S/c1-18-8-9-24(19(2)16-18)33(31,32)27-14-12-26(13-15-27)25(30)17-23-22-7-5-4-6-21(22)10-11-28(23)20(3)29/h4-11,16,23H,12-15,17H2,1-3H3/t23-/m1/s1. The van der Waals surface area contributed by atoms with E-state index in [1.165, 1.54) is 11.2 Å². The van der Waals surface area contributed by atoms with Crippen LogP contribution in [0.15, 0.2) is 53.6 Å². The first-order valence-electron chi connectivity index (χ1n) is 11.1. The van der Waals surface area contributed by atoms with Crippen molar-refractivity contribution in [3.8, 4) is 0 Å². The van der Waals surface area contributed by atoms with E-state index < -0.39 is 10.0 Å². The molecule has 2 aromatic rings. The van der Waals surface area contributed by atoms with Gasteiger partial charge in [0.2, 0.25) is 21.8 Å². The molecule has 1 saturated heterocycles. The number of benzene rings is 2. The maximum absolute atomic E-state index is 13.2. The number of piperazine rings is 1. The molecule has 1 fully saturated rings. The highest BCUT2D eigenvalue weighted by atomic mass is 32.2. The van der Waals surface area contributed by atoms with Crippen molar-refractivity contribution < 1.29 is 18.0 Å². The minimum absolute atomic E-state index is 0.0834. The van der Waals surface area contributed by atoms with Crippen molar-refractivity contribution in [2.45, 2.75) is 38.1 Å². The molecule has 0 radical (unpaired) electrons. The lowest BCUT2D eigenvalue weighted by molar-refractivity contribution is -0.135. The first kappa shape index (κ1) is 23.2. The normalized spacial score (nSPS) is 18.8. The molecule has 2 aliphatic rings. The van der Waals surface area contributed by atoms with Gasteiger partial charge >= 0.3 is 0 Å². The summed E-state index contributed by atoms with van der Waals surface area (Å²) in [6.45, 7) is 6.38. The second-order valence-corrected chi connectivity index (χ2v) is 10.6. The van der Waals surface area contributed by atoms with Crippen LogP contribution in [0.2, 0.25) is 0 Å². The molecule has 0 N–H and O–H groups in total. The van der Waals surface area contributed by atoms with Gasteiger partial charge in [-0.2, -0.15) is 4.31 Å². The van der Waals surface area contributed by atoms with Crippen LogP contribution in [0.25, 0.3) is 6.08 Å². The van der Waals surface area contributed by atoms with Gasteiger partial charge in [-0.25, -0.2) is 8.42 Å². The van der Waals surface area contributed by atoms with Crippen molar-refractivity contribution in [2.75, 3.05) is 26.2 Å². The summed E-state index contributed by atoms with van der Waals surface area (Å²) in [5.74, 6) is -0.206. The van der Waals surface area contributed by atoms with E-state index in [9.17, 15) is 18.0 Å². The lowest BCUT2D eigenvalue weighted by Crippen LogP contribution is -2.51. The fraction of sp³-hybridized carbons (Fsp3) is 0.360. The van der Waals surface area contributed by atoms with Crippen LogP contribution >= 0.6 is 0 Å². The van der Waals surface area contributed by atoms with E-state index in [1.54, 1.807) is 35.1 Å². The number of nitrogens with zero attached hydrogens (tertiary/aromatic N) is 3. The monoisotopic (exact) mass is 467 g/mol.